The minimum absolute atomic E-state index is 0.369. The fraction of sp³-hybridized carbons (Fsp3) is 0.611. The number of piperidine rings is 1. The second kappa shape index (κ2) is 8.49. The van der Waals surface area contributed by atoms with Gasteiger partial charge >= 0.3 is 0 Å². The average molecular weight is 320 g/mol. The summed E-state index contributed by atoms with van der Waals surface area (Å²) >= 11 is 5.42. The predicted molar refractivity (Wildman–Crippen MR) is 99.6 cm³/mol. The molecule has 2 N–H and O–H groups in total. The summed E-state index contributed by atoms with van der Waals surface area (Å²) in [6.45, 7) is 10.1. The lowest BCUT2D eigenvalue weighted by Gasteiger charge is -2.29. The number of nitrogens with zero attached hydrogens (tertiary/aromatic N) is 1. The van der Waals surface area contributed by atoms with E-state index in [0.29, 0.717) is 17.1 Å². The fourth-order valence-corrected chi connectivity index (χ4v) is 3.24. The summed E-state index contributed by atoms with van der Waals surface area (Å²) in [5.41, 5.74) is 2.40. The number of thiocarbonyl (C=S) groups is 1. The first-order chi connectivity index (χ1) is 10.5. The van der Waals surface area contributed by atoms with Crippen LogP contribution in [-0.2, 0) is 0 Å². The van der Waals surface area contributed by atoms with Crippen molar-refractivity contribution in [3.63, 3.8) is 0 Å². The molecule has 1 saturated heterocycles. The fourth-order valence-electron chi connectivity index (χ4n) is 2.92. The van der Waals surface area contributed by atoms with Gasteiger partial charge in [0, 0.05) is 18.3 Å². The Kier molecular flexibility index (Phi) is 6.65. The number of anilines is 1. The van der Waals surface area contributed by atoms with E-state index >= 15 is 0 Å². The van der Waals surface area contributed by atoms with E-state index in [0.717, 1.165) is 12.2 Å². The van der Waals surface area contributed by atoms with Gasteiger partial charge in [0.1, 0.15) is 0 Å². The van der Waals surface area contributed by atoms with Gasteiger partial charge in [-0.1, -0.05) is 32.4 Å². The molecule has 22 heavy (non-hydrogen) atoms. The first kappa shape index (κ1) is 17.2. The van der Waals surface area contributed by atoms with Crippen molar-refractivity contribution >= 4 is 23.0 Å². The van der Waals surface area contributed by atoms with Crippen molar-refractivity contribution in [3.8, 4) is 0 Å². The zero-order valence-electron chi connectivity index (χ0n) is 14.1. The van der Waals surface area contributed by atoms with Gasteiger partial charge in [0.05, 0.1) is 0 Å². The molecule has 1 unspecified atom stereocenters. The third kappa shape index (κ3) is 5.58. The first-order valence-electron chi connectivity index (χ1n) is 8.44. The molecule has 1 aliphatic rings. The highest BCUT2D eigenvalue weighted by atomic mass is 32.1. The van der Waals surface area contributed by atoms with Crippen molar-refractivity contribution in [1.29, 1.82) is 0 Å². The smallest absolute Gasteiger partial charge is 0.171 e. The van der Waals surface area contributed by atoms with Crippen molar-refractivity contribution < 1.29 is 0 Å². The summed E-state index contributed by atoms with van der Waals surface area (Å²) in [5.74, 6) is 0.559. The van der Waals surface area contributed by atoms with Crippen LogP contribution in [0.5, 0.6) is 0 Å². The van der Waals surface area contributed by atoms with Crippen molar-refractivity contribution in [2.75, 3.05) is 25.0 Å². The zero-order chi connectivity index (χ0) is 15.9. The van der Waals surface area contributed by atoms with Gasteiger partial charge in [0.25, 0.3) is 0 Å². The van der Waals surface area contributed by atoms with Crippen LogP contribution < -0.4 is 10.6 Å². The van der Waals surface area contributed by atoms with Crippen molar-refractivity contribution in [2.24, 2.45) is 0 Å². The third-order valence-electron chi connectivity index (χ3n) is 4.19. The molecule has 1 heterocycles. The van der Waals surface area contributed by atoms with Crippen LogP contribution >= 0.6 is 12.2 Å². The molecule has 0 spiro atoms. The summed E-state index contributed by atoms with van der Waals surface area (Å²) in [6, 6.07) is 8.88. The van der Waals surface area contributed by atoms with E-state index in [1.54, 1.807) is 0 Å². The molecule has 0 bridgehead atoms. The van der Waals surface area contributed by atoms with Gasteiger partial charge < -0.3 is 15.5 Å². The lowest BCUT2D eigenvalue weighted by molar-refractivity contribution is 0.215. The molecule has 1 aromatic rings. The van der Waals surface area contributed by atoms with Gasteiger partial charge in [-0.3, -0.25) is 0 Å². The molecule has 1 aromatic carbocycles. The molecule has 122 valence electrons. The second-order valence-corrected chi connectivity index (χ2v) is 7.05. The Labute approximate surface area is 140 Å². The Balaban J connectivity index is 1.76. The van der Waals surface area contributed by atoms with E-state index < -0.39 is 0 Å². The number of hydrogen-bond donors (Lipinski definition) is 2. The second-order valence-electron chi connectivity index (χ2n) is 6.64. The Morgan fingerprint density at radius 3 is 2.32 bits per heavy atom. The van der Waals surface area contributed by atoms with Crippen LogP contribution in [0.4, 0.5) is 5.69 Å². The molecular weight excluding hydrogens is 290 g/mol. The quantitative estimate of drug-likeness (QED) is 0.803. The molecule has 1 fully saturated rings. The van der Waals surface area contributed by atoms with Gasteiger partial charge in [-0.25, -0.2) is 0 Å². The van der Waals surface area contributed by atoms with Crippen LogP contribution in [0, 0.1) is 0 Å². The Hall–Kier alpha value is -1.13. The molecule has 1 aliphatic heterocycles. The van der Waals surface area contributed by atoms with Crippen LogP contribution in [0.15, 0.2) is 24.3 Å². The van der Waals surface area contributed by atoms with Crippen LogP contribution in [0.3, 0.4) is 0 Å². The molecule has 2 rings (SSSR count). The number of hydrogen-bond acceptors (Lipinski definition) is 2. The molecule has 0 saturated carbocycles. The highest BCUT2D eigenvalue weighted by Crippen LogP contribution is 2.17. The molecule has 0 amide bonds. The van der Waals surface area contributed by atoms with Gasteiger partial charge in [0.2, 0.25) is 0 Å². The summed E-state index contributed by atoms with van der Waals surface area (Å²) in [6.07, 6.45) is 4.04. The maximum atomic E-state index is 5.42. The van der Waals surface area contributed by atoms with Gasteiger partial charge in [-0.05, 0) is 68.7 Å². The standard InChI is InChI=1S/C18H29N3S/c1-14(2)16-7-9-17(10-8-16)20-18(22)19-15(3)13-21-11-5-4-6-12-21/h7-10,14-15H,4-6,11-13H2,1-3H3,(H2,19,20,22). The SMILES string of the molecule is CC(CN1CCCCC1)NC(=S)Nc1ccc(C(C)C)cc1. The van der Waals surface area contributed by atoms with Crippen LogP contribution in [0.2, 0.25) is 0 Å². The summed E-state index contributed by atoms with van der Waals surface area (Å²) in [5, 5.41) is 7.38. The van der Waals surface area contributed by atoms with Gasteiger partial charge in [0.15, 0.2) is 5.11 Å². The maximum Gasteiger partial charge on any atom is 0.171 e. The van der Waals surface area contributed by atoms with E-state index in [9.17, 15) is 0 Å². The molecule has 1 atom stereocenters. The van der Waals surface area contributed by atoms with Crippen LogP contribution in [0.25, 0.3) is 0 Å². The molecular formula is C18H29N3S. The Morgan fingerprint density at radius 1 is 1.09 bits per heavy atom. The topological polar surface area (TPSA) is 27.3 Å². The van der Waals surface area contributed by atoms with Crippen molar-refractivity contribution in [3.05, 3.63) is 29.8 Å². The molecule has 0 aliphatic carbocycles. The predicted octanol–water partition coefficient (Wildman–Crippen LogP) is 3.97. The molecule has 4 heteroatoms. The molecule has 0 aromatic heterocycles. The normalized spacial score (nSPS) is 17.3. The van der Waals surface area contributed by atoms with Crippen LogP contribution in [0.1, 0.15) is 51.5 Å². The Bertz CT molecular complexity index is 464. The third-order valence-corrected chi connectivity index (χ3v) is 4.41. The highest BCUT2D eigenvalue weighted by Gasteiger charge is 2.13. The van der Waals surface area contributed by atoms with E-state index in [1.807, 2.05) is 0 Å². The Morgan fingerprint density at radius 2 is 1.73 bits per heavy atom. The van der Waals surface area contributed by atoms with Gasteiger partial charge in [-0.15, -0.1) is 0 Å². The maximum absolute atomic E-state index is 5.42. The molecule has 0 radical (unpaired) electrons. The van der Waals surface area contributed by atoms with Crippen molar-refractivity contribution in [2.45, 2.75) is 52.0 Å². The average Bonchev–Trinajstić information content (AvgIpc) is 2.48. The van der Waals surface area contributed by atoms with E-state index in [1.165, 1.54) is 37.9 Å². The minimum Gasteiger partial charge on any atom is -0.359 e. The summed E-state index contributed by atoms with van der Waals surface area (Å²) in [7, 11) is 0. The number of benzene rings is 1. The monoisotopic (exact) mass is 319 g/mol. The first-order valence-corrected chi connectivity index (χ1v) is 8.85. The number of likely N-dealkylation sites (tertiary alicyclic amines) is 1. The summed E-state index contributed by atoms with van der Waals surface area (Å²) < 4.78 is 0. The van der Waals surface area contributed by atoms with Gasteiger partial charge in [-0.2, -0.15) is 0 Å². The largest absolute Gasteiger partial charge is 0.359 e. The lowest BCUT2D eigenvalue weighted by Crippen LogP contribution is -2.44. The van der Waals surface area contributed by atoms with E-state index in [2.05, 4.69) is 60.6 Å². The minimum atomic E-state index is 0.369. The van der Waals surface area contributed by atoms with E-state index in [4.69, 9.17) is 12.2 Å². The van der Waals surface area contributed by atoms with Crippen LogP contribution in [-0.4, -0.2) is 35.7 Å². The van der Waals surface area contributed by atoms with Crippen molar-refractivity contribution in [1.82, 2.24) is 10.2 Å². The number of rotatable bonds is 5. The lowest BCUT2D eigenvalue weighted by atomic mass is 10.0. The molecule has 3 nitrogen and oxygen atoms in total. The number of nitrogens with one attached hydrogen (secondary N) is 2. The highest BCUT2D eigenvalue weighted by molar-refractivity contribution is 7.80. The zero-order valence-corrected chi connectivity index (χ0v) is 14.9. The summed E-state index contributed by atoms with van der Waals surface area (Å²) in [4.78, 5) is 2.53. The van der Waals surface area contributed by atoms with E-state index in [-0.39, 0.29) is 0 Å².